The Morgan fingerprint density at radius 1 is 1.50 bits per heavy atom. The summed E-state index contributed by atoms with van der Waals surface area (Å²) < 4.78 is 5.12. The minimum Gasteiger partial charge on any atom is -0.444 e. The average molecular weight is 248 g/mol. The molecule has 0 aromatic carbocycles. The van der Waals surface area contributed by atoms with Gasteiger partial charge in [0.2, 0.25) is 0 Å². The molecule has 0 aliphatic carbocycles. The first-order valence-electron chi connectivity index (χ1n) is 5.92. The van der Waals surface area contributed by atoms with Gasteiger partial charge in [0.15, 0.2) is 0 Å². The van der Waals surface area contributed by atoms with Gasteiger partial charge in [-0.25, -0.2) is 4.79 Å². The van der Waals surface area contributed by atoms with Crippen molar-refractivity contribution in [2.24, 2.45) is 0 Å². The van der Waals surface area contributed by atoms with Crippen LogP contribution >= 0.6 is 0 Å². The lowest BCUT2D eigenvalue weighted by Gasteiger charge is -2.19. The molecule has 1 rings (SSSR count). The number of hydrogen-bond acceptors (Lipinski definition) is 3. The summed E-state index contributed by atoms with van der Waals surface area (Å²) in [5, 5.41) is 2.66. The Balaban J connectivity index is 2.38. The number of nitrogens with zero attached hydrogens (tertiary/aromatic N) is 1. The van der Waals surface area contributed by atoms with Crippen molar-refractivity contribution >= 4 is 12.2 Å². The van der Waals surface area contributed by atoms with Gasteiger partial charge in [0, 0.05) is 18.9 Å². The Hall–Kier alpha value is -1.84. The average Bonchev–Trinajstić information content (AvgIpc) is 2.24. The molecular weight excluding hydrogens is 228 g/mol. The predicted octanol–water partition coefficient (Wildman–Crippen LogP) is 2.93. The Labute approximate surface area is 108 Å². The van der Waals surface area contributed by atoms with Crippen molar-refractivity contribution in [3.8, 4) is 0 Å². The molecule has 1 heterocycles. The fourth-order valence-corrected chi connectivity index (χ4v) is 1.29. The number of nitrogens with one attached hydrogen (secondary N) is 1. The van der Waals surface area contributed by atoms with Crippen LogP contribution in [0.5, 0.6) is 0 Å². The molecule has 0 atom stereocenters. The van der Waals surface area contributed by atoms with Crippen LogP contribution in [-0.4, -0.2) is 23.2 Å². The number of carbonyl (C=O) groups is 1. The summed E-state index contributed by atoms with van der Waals surface area (Å²) in [6.45, 7) is 7.95. The van der Waals surface area contributed by atoms with Crippen LogP contribution in [0.25, 0.3) is 6.08 Å². The maximum atomic E-state index is 11.4. The summed E-state index contributed by atoms with van der Waals surface area (Å²) in [5.74, 6) is 0. The van der Waals surface area contributed by atoms with Crippen molar-refractivity contribution < 1.29 is 9.53 Å². The topological polar surface area (TPSA) is 51.2 Å². The molecule has 1 aromatic rings. The van der Waals surface area contributed by atoms with Gasteiger partial charge in [-0.2, -0.15) is 0 Å². The third-order valence-electron chi connectivity index (χ3n) is 2.14. The molecule has 4 nitrogen and oxygen atoms in total. The van der Waals surface area contributed by atoms with Crippen LogP contribution in [0.4, 0.5) is 4.79 Å². The summed E-state index contributed by atoms with van der Waals surface area (Å²) in [5.41, 5.74) is 1.73. The third kappa shape index (κ3) is 5.48. The molecule has 1 aromatic heterocycles. The second kappa shape index (κ2) is 6.19. The zero-order valence-corrected chi connectivity index (χ0v) is 11.4. The van der Waals surface area contributed by atoms with E-state index < -0.39 is 11.7 Å². The van der Waals surface area contributed by atoms with E-state index in [0.717, 1.165) is 11.1 Å². The molecular formula is C14H20N2O2. The van der Waals surface area contributed by atoms with E-state index in [0.29, 0.717) is 6.54 Å². The van der Waals surface area contributed by atoms with Crippen molar-refractivity contribution in [2.75, 3.05) is 6.54 Å². The van der Waals surface area contributed by atoms with Crippen LogP contribution in [0, 0.1) is 6.92 Å². The number of pyridine rings is 1. The Morgan fingerprint density at radius 2 is 2.22 bits per heavy atom. The fourth-order valence-electron chi connectivity index (χ4n) is 1.29. The van der Waals surface area contributed by atoms with Crippen LogP contribution in [-0.2, 0) is 4.74 Å². The number of alkyl carbamates (subject to hydrolysis) is 1. The Kier molecular flexibility index (Phi) is 4.89. The standard InChI is InChI=1S/C14H20N2O2/c1-11-7-9-15-10-12(11)6-5-8-16-13(17)18-14(2,3)4/h5-7,9-10H,8H2,1-4H3,(H,16,17). The Morgan fingerprint density at radius 3 is 2.83 bits per heavy atom. The molecule has 0 bridgehead atoms. The van der Waals surface area contributed by atoms with E-state index in [1.165, 1.54) is 0 Å². The highest BCUT2D eigenvalue weighted by molar-refractivity contribution is 5.68. The van der Waals surface area contributed by atoms with E-state index in [-0.39, 0.29) is 0 Å². The summed E-state index contributed by atoms with van der Waals surface area (Å²) in [6.07, 6.45) is 6.94. The quantitative estimate of drug-likeness (QED) is 0.894. The van der Waals surface area contributed by atoms with Gasteiger partial charge >= 0.3 is 6.09 Å². The van der Waals surface area contributed by atoms with Gasteiger partial charge in [-0.05, 0) is 44.9 Å². The van der Waals surface area contributed by atoms with Gasteiger partial charge < -0.3 is 10.1 Å². The van der Waals surface area contributed by atoms with Crippen LogP contribution in [0.1, 0.15) is 31.9 Å². The zero-order valence-electron chi connectivity index (χ0n) is 11.4. The number of hydrogen-bond donors (Lipinski definition) is 1. The molecule has 1 N–H and O–H groups in total. The molecule has 0 aliphatic rings. The predicted molar refractivity (Wildman–Crippen MR) is 72.2 cm³/mol. The van der Waals surface area contributed by atoms with Crippen LogP contribution in [0.2, 0.25) is 0 Å². The maximum absolute atomic E-state index is 11.4. The van der Waals surface area contributed by atoms with Crippen molar-refractivity contribution in [3.05, 3.63) is 35.7 Å². The number of aromatic nitrogens is 1. The lowest BCUT2D eigenvalue weighted by Crippen LogP contribution is -2.32. The second-order valence-electron chi connectivity index (χ2n) is 5.02. The van der Waals surface area contributed by atoms with E-state index in [2.05, 4.69) is 10.3 Å². The number of ether oxygens (including phenoxy) is 1. The lowest BCUT2D eigenvalue weighted by molar-refractivity contribution is 0.0534. The highest BCUT2D eigenvalue weighted by Gasteiger charge is 2.14. The van der Waals surface area contributed by atoms with Gasteiger partial charge in [-0.15, -0.1) is 0 Å². The van der Waals surface area contributed by atoms with Crippen LogP contribution in [0.3, 0.4) is 0 Å². The minimum absolute atomic E-state index is 0.407. The minimum atomic E-state index is -0.465. The summed E-state index contributed by atoms with van der Waals surface area (Å²) in [6, 6.07) is 1.95. The Bertz CT molecular complexity index is 434. The molecule has 0 saturated carbocycles. The van der Waals surface area contributed by atoms with Crippen LogP contribution in [0.15, 0.2) is 24.5 Å². The monoisotopic (exact) mass is 248 g/mol. The van der Waals surface area contributed by atoms with Gasteiger partial charge in [0.25, 0.3) is 0 Å². The summed E-state index contributed by atoms with van der Waals surface area (Å²) >= 11 is 0. The molecule has 1 amide bonds. The van der Waals surface area contributed by atoms with E-state index in [9.17, 15) is 4.79 Å². The fraction of sp³-hybridized carbons (Fsp3) is 0.429. The van der Waals surface area contributed by atoms with Gasteiger partial charge in [-0.3, -0.25) is 4.98 Å². The van der Waals surface area contributed by atoms with Crippen LogP contribution < -0.4 is 5.32 Å². The molecule has 0 saturated heterocycles. The second-order valence-corrected chi connectivity index (χ2v) is 5.02. The smallest absolute Gasteiger partial charge is 0.407 e. The first kappa shape index (κ1) is 14.2. The first-order valence-corrected chi connectivity index (χ1v) is 5.92. The van der Waals surface area contributed by atoms with Crippen molar-refractivity contribution in [1.29, 1.82) is 0 Å². The van der Waals surface area contributed by atoms with Gasteiger partial charge in [-0.1, -0.05) is 12.2 Å². The van der Waals surface area contributed by atoms with Gasteiger partial charge in [0.05, 0.1) is 0 Å². The largest absolute Gasteiger partial charge is 0.444 e. The first-order chi connectivity index (χ1) is 8.38. The normalized spacial score (nSPS) is 11.6. The summed E-state index contributed by atoms with van der Waals surface area (Å²) in [7, 11) is 0. The molecule has 98 valence electrons. The number of aryl methyl sites for hydroxylation is 1. The molecule has 0 fully saturated rings. The number of rotatable bonds is 3. The molecule has 0 spiro atoms. The van der Waals surface area contributed by atoms with Crippen molar-refractivity contribution in [2.45, 2.75) is 33.3 Å². The van der Waals surface area contributed by atoms with Crippen molar-refractivity contribution in [1.82, 2.24) is 10.3 Å². The SMILES string of the molecule is Cc1ccncc1C=CCNC(=O)OC(C)(C)C. The molecule has 0 unspecified atom stereocenters. The zero-order chi connectivity index (χ0) is 13.6. The third-order valence-corrected chi connectivity index (χ3v) is 2.14. The maximum Gasteiger partial charge on any atom is 0.407 e. The number of amides is 1. The lowest BCUT2D eigenvalue weighted by atomic mass is 10.1. The van der Waals surface area contributed by atoms with E-state index in [1.54, 1.807) is 12.4 Å². The van der Waals surface area contributed by atoms with Crippen molar-refractivity contribution in [3.63, 3.8) is 0 Å². The van der Waals surface area contributed by atoms with E-state index in [4.69, 9.17) is 4.74 Å². The highest BCUT2D eigenvalue weighted by atomic mass is 16.6. The summed E-state index contributed by atoms with van der Waals surface area (Å²) in [4.78, 5) is 15.4. The highest BCUT2D eigenvalue weighted by Crippen LogP contribution is 2.07. The molecule has 0 radical (unpaired) electrons. The molecule has 4 heteroatoms. The van der Waals surface area contributed by atoms with E-state index >= 15 is 0 Å². The number of carbonyl (C=O) groups excluding carboxylic acids is 1. The van der Waals surface area contributed by atoms with Gasteiger partial charge in [0.1, 0.15) is 5.60 Å². The molecule has 0 aliphatic heterocycles. The van der Waals surface area contributed by atoms with E-state index in [1.807, 2.05) is 45.9 Å². The molecule has 18 heavy (non-hydrogen) atoms.